The number of ether oxygens (including phenoxy) is 1. The first-order valence-corrected chi connectivity index (χ1v) is 5.60. The van der Waals surface area contributed by atoms with Crippen LogP contribution < -0.4 is 5.32 Å². The fourth-order valence-corrected chi connectivity index (χ4v) is 2.14. The van der Waals surface area contributed by atoms with E-state index >= 15 is 0 Å². The van der Waals surface area contributed by atoms with Gasteiger partial charge in [0.05, 0.1) is 12.7 Å². The minimum Gasteiger partial charge on any atom is -0.377 e. The highest BCUT2D eigenvalue weighted by atomic mass is 16.5. The smallest absolute Gasteiger partial charge is 0.0671 e. The molecule has 78 valence electrons. The van der Waals surface area contributed by atoms with Crippen LogP contribution in [0.4, 0.5) is 0 Å². The third kappa shape index (κ3) is 3.28. The van der Waals surface area contributed by atoms with E-state index in [-0.39, 0.29) is 0 Å². The van der Waals surface area contributed by atoms with Gasteiger partial charge in [0.15, 0.2) is 0 Å². The number of nitrogens with one attached hydrogen (secondary N) is 1. The second-order valence-corrected chi connectivity index (χ2v) is 4.14. The van der Waals surface area contributed by atoms with Gasteiger partial charge in [0.2, 0.25) is 0 Å². The van der Waals surface area contributed by atoms with E-state index in [2.05, 4.69) is 26.1 Å². The lowest BCUT2D eigenvalue weighted by Crippen LogP contribution is -2.28. The van der Waals surface area contributed by atoms with Crippen LogP contribution in [0.2, 0.25) is 0 Å². The Bertz CT molecular complexity index is 134. The van der Waals surface area contributed by atoms with E-state index in [1.807, 2.05) is 0 Å². The molecule has 2 atom stereocenters. The second kappa shape index (κ2) is 5.61. The minimum absolute atomic E-state index is 0.388. The van der Waals surface area contributed by atoms with Crippen LogP contribution in [-0.4, -0.2) is 25.8 Å². The molecule has 0 aromatic heterocycles. The predicted octanol–water partition coefficient (Wildman–Crippen LogP) is 2.05. The Balaban J connectivity index is 2.40. The summed E-state index contributed by atoms with van der Waals surface area (Å²) in [6.45, 7) is 9.79. The maximum Gasteiger partial charge on any atom is 0.0671 e. The van der Waals surface area contributed by atoms with E-state index in [0.717, 1.165) is 31.5 Å². The molecule has 1 N–H and O–H groups in total. The average molecular weight is 185 g/mol. The number of hydrogen-bond donors (Lipinski definition) is 1. The van der Waals surface area contributed by atoms with Crippen LogP contribution in [0.15, 0.2) is 0 Å². The van der Waals surface area contributed by atoms with Gasteiger partial charge < -0.3 is 10.1 Å². The molecule has 1 fully saturated rings. The molecule has 1 aliphatic rings. The molecule has 13 heavy (non-hydrogen) atoms. The minimum atomic E-state index is 0.388. The molecule has 0 aliphatic carbocycles. The lowest BCUT2D eigenvalue weighted by Gasteiger charge is -2.23. The van der Waals surface area contributed by atoms with Crippen molar-refractivity contribution < 1.29 is 4.74 Å². The first-order valence-electron chi connectivity index (χ1n) is 5.60. The molecule has 0 amide bonds. The summed E-state index contributed by atoms with van der Waals surface area (Å²) < 4.78 is 5.74. The molecule has 0 aromatic rings. The van der Waals surface area contributed by atoms with Crippen molar-refractivity contribution in [3.63, 3.8) is 0 Å². The van der Waals surface area contributed by atoms with Crippen molar-refractivity contribution in [1.29, 1.82) is 0 Å². The first kappa shape index (κ1) is 11.0. The van der Waals surface area contributed by atoms with Gasteiger partial charge in [0.25, 0.3) is 0 Å². The molecule has 0 saturated carbocycles. The van der Waals surface area contributed by atoms with Gasteiger partial charge >= 0.3 is 0 Å². The van der Waals surface area contributed by atoms with Crippen molar-refractivity contribution in [2.24, 2.45) is 11.8 Å². The van der Waals surface area contributed by atoms with Gasteiger partial charge in [-0.3, -0.25) is 0 Å². The SMILES string of the molecule is CCC(CC)C1CNCC(C)OC1. The van der Waals surface area contributed by atoms with Crippen LogP contribution >= 0.6 is 0 Å². The standard InChI is InChI=1S/C11H23NO/c1-4-10(5-2)11-7-12-6-9(3)13-8-11/h9-12H,4-8H2,1-3H3. The molecule has 0 aromatic carbocycles. The predicted molar refractivity (Wildman–Crippen MR) is 55.8 cm³/mol. The van der Waals surface area contributed by atoms with Crippen molar-refractivity contribution in [3.8, 4) is 0 Å². The first-order chi connectivity index (χ1) is 6.27. The van der Waals surface area contributed by atoms with Gasteiger partial charge in [-0.25, -0.2) is 0 Å². The van der Waals surface area contributed by atoms with Crippen molar-refractivity contribution >= 4 is 0 Å². The van der Waals surface area contributed by atoms with E-state index in [1.54, 1.807) is 0 Å². The van der Waals surface area contributed by atoms with E-state index in [9.17, 15) is 0 Å². The molecule has 0 radical (unpaired) electrons. The van der Waals surface area contributed by atoms with Crippen molar-refractivity contribution in [3.05, 3.63) is 0 Å². The zero-order valence-electron chi connectivity index (χ0n) is 9.18. The molecule has 1 heterocycles. The summed E-state index contributed by atoms with van der Waals surface area (Å²) in [7, 11) is 0. The van der Waals surface area contributed by atoms with Gasteiger partial charge in [0, 0.05) is 13.1 Å². The topological polar surface area (TPSA) is 21.3 Å². The van der Waals surface area contributed by atoms with Gasteiger partial charge in [-0.05, 0) is 18.8 Å². The molecular weight excluding hydrogens is 162 g/mol. The molecule has 1 saturated heterocycles. The average Bonchev–Trinajstić information content (AvgIpc) is 2.34. The fraction of sp³-hybridized carbons (Fsp3) is 1.00. The summed E-state index contributed by atoms with van der Waals surface area (Å²) in [5, 5.41) is 3.47. The third-order valence-corrected chi connectivity index (χ3v) is 3.15. The van der Waals surface area contributed by atoms with Gasteiger partial charge in [-0.15, -0.1) is 0 Å². The summed E-state index contributed by atoms with van der Waals surface area (Å²) in [6, 6.07) is 0. The van der Waals surface area contributed by atoms with Crippen LogP contribution in [0.25, 0.3) is 0 Å². The monoisotopic (exact) mass is 185 g/mol. The van der Waals surface area contributed by atoms with Crippen LogP contribution in [0.3, 0.4) is 0 Å². The molecular formula is C11H23NO. The van der Waals surface area contributed by atoms with Crippen LogP contribution in [0, 0.1) is 11.8 Å². The zero-order chi connectivity index (χ0) is 9.68. The highest BCUT2D eigenvalue weighted by Crippen LogP contribution is 2.21. The lowest BCUT2D eigenvalue weighted by molar-refractivity contribution is 0.0461. The molecule has 0 bridgehead atoms. The van der Waals surface area contributed by atoms with Crippen LogP contribution in [-0.2, 0) is 4.74 Å². The Labute approximate surface area is 82.0 Å². The Kier molecular flexibility index (Phi) is 4.74. The summed E-state index contributed by atoms with van der Waals surface area (Å²) in [6.07, 6.45) is 2.95. The highest BCUT2D eigenvalue weighted by molar-refractivity contribution is 4.74. The molecule has 1 rings (SSSR count). The molecule has 0 spiro atoms. The van der Waals surface area contributed by atoms with Gasteiger partial charge in [-0.2, -0.15) is 0 Å². The zero-order valence-corrected chi connectivity index (χ0v) is 9.18. The number of rotatable bonds is 3. The summed E-state index contributed by atoms with van der Waals surface area (Å²) in [4.78, 5) is 0. The lowest BCUT2D eigenvalue weighted by atomic mass is 9.88. The molecule has 2 heteroatoms. The Morgan fingerprint density at radius 3 is 2.62 bits per heavy atom. The largest absolute Gasteiger partial charge is 0.377 e. The van der Waals surface area contributed by atoms with Crippen molar-refractivity contribution in [2.75, 3.05) is 19.7 Å². The van der Waals surface area contributed by atoms with E-state index in [4.69, 9.17) is 4.74 Å². The van der Waals surface area contributed by atoms with Crippen molar-refractivity contribution in [1.82, 2.24) is 5.32 Å². The second-order valence-electron chi connectivity index (χ2n) is 4.14. The maximum atomic E-state index is 5.74. The van der Waals surface area contributed by atoms with E-state index in [1.165, 1.54) is 12.8 Å². The highest BCUT2D eigenvalue weighted by Gasteiger charge is 2.21. The Morgan fingerprint density at radius 1 is 1.31 bits per heavy atom. The fourth-order valence-electron chi connectivity index (χ4n) is 2.14. The van der Waals surface area contributed by atoms with Gasteiger partial charge in [0.1, 0.15) is 0 Å². The number of hydrogen-bond acceptors (Lipinski definition) is 2. The van der Waals surface area contributed by atoms with Crippen LogP contribution in [0.5, 0.6) is 0 Å². The normalized spacial score (nSPS) is 30.5. The van der Waals surface area contributed by atoms with E-state index in [0.29, 0.717) is 6.10 Å². The van der Waals surface area contributed by atoms with E-state index < -0.39 is 0 Å². The molecule has 2 unspecified atom stereocenters. The quantitative estimate of drug-likeness (QED) is 0.726. The van der Waals surface area contributed by atoms with Gasteiger partial charge in [-0.1, -0.05) is 26.7 Å². The van der Waals surface area contributed by atoms with Crippen LogP contribution in [0.1, 0.15) is 33.6 Å². The Morgan fingerprint density at radius 2 is 2.00 bits per heavy atom. The maximum absolute atomic E-state index is 5.74. The molecule has 1 aliphatic heterocycles. The summed E-state index contributed by atoms with van der Waals surface area (Å²) >= 11 is 0. The third-order valence-electron chi connectivity index (χ3n) is 3.15. The Hall–Kier alpha value is -0.0800. The molecule has 2 nitrogen and oxygen atoms in total. The summed E-state index contributed by atoms with van der Waals surface area (Å²) in [5.41, 5.74) is 0. The summed E-state index contributed by atoms with van der Waals surface area (Å²) in [5.74, 6) is 1.55. The van der Waals surface area contributed by atoms with Crippen molar-refractivity contribution in [2.45, 2.75) is 39.7 Å².